The van der Waals surface area contributed by atoms with Crippen molar-refractivity contribution in [2.75, 3.05) is 13.2 Å². The van der Waals surface area contributed by atoms with E-state index in [1.165, 1.54) is 0 Å². The second kappa shape index (κ2) is 6.88. The first-order chi connectivity index (χ1) is 8.15. The summed E-state index contributed by atoms with van der Waals surface area (Å²) in [5, 5.41) is 5.75. The summed E-state index contributed by atoms with van der Waals surface area (Å²) >= 11 is 0. The molecule has 0 heterocycles. The van der Waals surface area contributed by atoms with Gasteiger partial charge < -0.3 is 22.1 Å². The molecule has 0 bridgehead atoms. The van der Waals surface area contributed by atoms with Crippen molar-refractivity contribution in [2.24, 2.45) is 11.5 Å². The predicted octanol–water partition coefficient (Wildman–Crippen LogP) is 0.0750. The van der Waals surface area contributed by atoms with Crippen molar-refractivity contribution in [2.45, 2.75) is 19.8 Å². The van der Waals surface area contributed by atoms with E-state index in [2.05, 4.69) is 10.6 Å². The molecule has 1 rings (SSSR count). The topological polar surface area (TPSA) is 93.2 Å². The van der Waals surface area contributed by atoms with Gasteiger partial charge in [0.2, 0.25) is 0 Å². The molecular formula is C12H20N4O. The van der Waals surface area contributed by atoms with Crippen LogP contribution in [-0.4, -0.2) is 19.1 Å². The van der Waals surface area contributed by atoms with E-state index in [1.807, 2.05) is 19.1 Å². The summed E-state index contributed by atoms with van der Waals surface area (Å²) in [6, 6.07) is 0. The molecule has 0 saturated carbocycles. The number of hydrogen-bond acceptors (Lipinski definition) is 4. The Hall–Kier alpha value is -1.59. The van der Waals surface area contributed by atoms with Crippen LogP contribution in [0.3, 0.4) is 0 Å². The standard InChI is InChI=1S/C12H20N4O/c1-9(6-7-15-8-13)16-12(17)10-4-2-3-5-11(10)14/h3,5-6,15H,2,4,7-8,13-14H2,1H3,(H,16,17)/b9-6+. The molecule has 0 radical (unpaired) electrons. The first kappa shape index (κ1) is 13.5. The third-order valence-electron chi connectivity index (χ3n) is 2.49. The molecule has 1 aliphatic rings. The average molecular weight is 236 g/mol. The van der Waals surface area contributed by atoms with E-state index in [0.717, 1.165) is 12.1 Å². The Labute approximate surface area is 102 Å². The lowest BCUT2D eigenvalue weighted by molar-refractivity contribution is -0.117. The van der Waals surface area contributed by atoms with Gasteiger partial charge in [0.15, 0.2) is 0 Å². The van der Waals surface area contributed by atoms with Crippen molar-refractivity contribution in [3.63, 3.8) is 0 Å². The van der Waals surface area contributed by atoms with Gasteiger partial charge in [-0.2, -0.15) is 0 Å². The number of amides is 1. The van der Waals surface area contributed by atoms with Crippen LogP contribution in [0, 0.1) is 0 Å². The molecule has 0 fully saturated rings. The summed E-state index contributed by atoms with van der Waals surface area (Å²) < 4.78 is 0. The van der Waals surface area contributed by atoms with Gasteiger partial charge in [-0.05, 0) is 25.8 Å². The molecule has 0 saturated heterocycles. The van der Waals surface area contributed by atoms with Crippen molar-refractivity contribution in [1.82, 2.24) is 10.6 Å². The maximum absolute atomic E-state index is 11.9. The van der Waals surface area contributed by atoms with Crippen LogP contribution in [-0.2, 0) is 4.79 Å². The van der Waals surface area contributed by atoms with E-state index < -0.39 is 0 Å². The zero-order valence-corrected chi connectivity index (χ0v) is 10.1. The van der Waals surface area contributed by atoms with Gasteiger partial charge >= 0.3 is 0 Å². The molecule has 0 unspecified atom stereocenters. The number of nitrogens with one attached hydrogen (secondary N) is 2. The summed E-state index contributed by atoms with van der Waals surface area (Å²) in [5.74, 6) is -0.117. The van der Waals surface area contributed by atoms with E-state index in [-0.39, 0.29) is 5.91 Å². The summed E-state index contributed by atoms with van der Waals surface area (Å²) in [6.45, 7) is 2.89. The fraction of sp³-hybridized carbons (Fsp3) is 0.417. The van der Waals surface area contributed by atoms with E-state index in [9.17, 15) is 4.79 Å². The van der Waals surface area contributed by atoms with Gasteiger partial charge in [0.25, 0.3) is 5.91 Å². The highest BCUT2D eigenvalue weighted by atomic mass is 16.1. The van der Waals surface area contributed by atoms with Gasteiger partial charge in [0, 0.05) is 30.2 Å². The molecule has 5 nitrogen and oxygen atoms in total. The molecule has 6 N–H and O–H groups in total. The number of hydrogen-bond donors (Lipinski definition) is 4. The molecule has 5 heteroatoms. The van der Waals surface area contributed by atoms with Crippen LogP contribution >= 0.6 is 0 Å². The molecule has 0 spiro atoms. The summed E-state index contributed by atoms with van der Waals surface area (Å²) in [4.78, 5) is 11.9. The van der Waals surface area contributed by atoms with Crippen molar-refractivity contribution >= 4 is 5.91 Å². The lowest BCUT2D eigenvalue weighted by atomic mass is 10.0. The smallest absolute Gasteiger partial charge is 0.253 e. The molecule has 0 aliphatic heterocycles. The number of rotatable bonds is 5. The molecule has 0 aromatic carbocycles. The number of carbonyl (C=O) groups excluding carboxylic acids is 1. The minimum Gasteiger partial charge on any atom is -0.398 e. The van der Waals surface area contributed by atoms with E-state index in [4.69, 9.17) is 11.5 Å². The third kappa shape index (κ3) is 4.42. The van der Waals surface area contributed by atoms with Crippen LogP contribution in [0.2, 0.25) is 0 Å². The van der Waals surface area contributed by atoms with E-state index in [1.54, 1.807) is 6.08 Å². The molecule has 94 valence electrons. The van der Waals surface area contributed by atoms with Crippen molar-refractivity contribution in [1.29, 1.82) is 0 Å². The molecule has 1 aliphatic carbocycles. The Morgan fingerprint density at radius 2 is 2.35 bits per heavy atom. The first-order valence-electron chi connectivity index (χ1n) is 5.69. The van der Waals surface area contributed by atoms with E-state index >= 15 is 0 Å². The van der Waals surface area contributed by atoms with Crippen LogP contribution in [0.1, 0.15) is 19.8 Å². The highest BCUT2D eigenvalue weighted by molar-refractivity contribution is 5.95. The highest BCUT2D eigenvalue weighted by Crippen LogP contribution is 2.15. The fourth-order valence-electron chi connectivity index (χ4n) is 1.54. The summed E-state index contributed by atoms with van der Waals surface area (Å²) in [6.07, 6.45) is 7.19. The van der Waals surface area contributed by atoms with Gasteiger partial charge in [-0.25, -0.2) is 0 Å². The Morgan fingerprint density at radius 3 is 3.00 bits per heavy atom. The second-order valence-electron chi connectivity index (χ2n) is 3.87. The monoisotopic (exact) mass is 236 g/mol. The van der Waals surface area contributed by atoms with Crippen LogP contribution in [0.5, 0.6) is 0 Å². The van der Waals surface area contributed by atoms with Crippen LogP contribution < -0.4 is 22.1 Å². The maximum Gasteiger partial charge on any atom is 0.253 e. The maximum atomic E-state index is 11.9. The van der Waals surface area contributed by atoms with Gasteiger partial charge in [0.05, 0.1) is 0 Å². The third-order valence-corrected chi connectivity index (χ3v) is 2.49. The fourth-order valence-corrected chi connectivity index (χ4v) is 1.54. The van der Waals surface area contributed by atoms with Crippen LogP contribution in [0.25, 0.3) is 0 Å². The Morgan fingerprint density at radius 1 is 1.59 bits per heavy atom. The predicted molar refractivity (Wildman–Crippen MR) is 68.5 cm³/mol. The molecule has 0 aromatic rings. The quantitative estimate of drug-likeness (QED) is 0.401. The number of allylic oxidation sites excluding steroid dienone is 3. The largest absolute Gasteiger partial charge is 0.398 e. The van der Waals surface area contributed by atoms with Crippen molar-refractivity contribution < 1.29 is 4.79 Å². The normalized spacial score (nSPS) is 16.2. The van der Waals surface area contributed by atoms with Crippen LogP contribution in [0.15, 0.2) is 35.2 Å². The van der Waals surface area contributed by atoms with Crippen molar-refractivity contribution in [3.8, 4) is 0 Å². The first-order valence-corrected chi connectivity index (χ1v) is 5.69. The minimum absolute atomic E-state index is 0.117. The number of carbonyl (C=O) groups is 1. The summed E-state index contributed by atoms with van der Waals surface area (Å²) in [5.41, 5.74) is 13.1. The molecular weight excluding hydrogens is 216 g/mol. The SMILES string of the molecule is C/C(=C\CNCN)NC(=O)C1=C(N)C=CCC1. The Balaban J connectivity index is 2.54. The minimum atomic E-state index is -0.117. The van der Waals surface area contributed by atoms with Gasteiger partial charge in [-0.1, -0.05) is 12.2 Å². The molecule has 1 amide bonds. The van der Waals surface area contributed by atoms with E-state index in [0.29, 0.717) is 30.9 Å². The highest BCUT2D eigenvalue weighted by Gasteiger charge is 2.14. The zero-order valence-electron chi connectivity index (χ0n) is 10.1. The Bertz CT molecular complexity index is 369. The van der Waals surface area contributed by atoms with Gasteiger partial charge in [-0.15, -0.1) is 0 Å². The molecule has 17 heavy (non-hydrogen) atoms. The summed E-state index contributed by atoms with van der Waals surface area (Å²) in [7, 11) is 0. The van der Waals surface area contributed by atoms with Crippen molar-refractivity contribution in [3.05, 3.63) is 35.2 Å². The van der Waals surface area contributed by atoms with Gasteiger partial charge in [-0.3, -0.25) is 4.79 Å². The van der Waals surface area contributed by atoms with Crippen LogP contribution in [0.4, 0.5) is 0 Å². The second-order valence-corrected chi connectivity index (χ2v) is 3.87. The number of nitrogens with two attached hydrogens (primary N) is 2. The van der Waals surface area contributed by atoms with Gasteiger partial charge in [0.1, 0.15) is 0 Å². The lowest BCUT2D eigenvalue weighted by Gasteiger charge is -2.13. The molecule has 0 aromatic heterocycles. The zero-order chi connectivity index (χ0) is 12.7. The average Bonchev–Trinajstić information content (AvgIpc) is 2.29. The Kier molecular flexibility index (Phi) is 5.45. The molecule has 0 atom stereocenters. The lowest BCUT2D eigenvalue weighted by Crippen LogP contribution is -2.27.